The lowest BCUT2D eigenvalue weighted by molar-refractivity contribution is 0.427. The summed E-state index contributed by atoms with van der Waals surface area (Å²) in [4.78, 5) is 8.46. The fourth-order valence-corrected chi connectivity index (χ4v) is 2.67. The molecule has 0 spiro atoms. The maximum atomic E-state index is 5.34. The van der Waals surface area contributed by atoms with Gasteiger partial charge in [0.05, 0.1) is 0 Å². The third kappa shape index (κ3) is 2.56. The van der Waals surface area contributed by atoms with Gasteiger partial charge in [-0.25, -0.2) is 10.8 Å². The van der Waals surface area contributed by atoms with Gasteiger partial charge in [-0.1, -0.05) is 0 Å². The van der Waals surface area contributed by atoms with Gasteiger partial charge < -0.3 is 5.32 Å². The second-order valence-corrected chi connectivity index (χ2v) is 5.59. The maximum absolute atomic E-state index is 5.34. The van der Waals surface area contributed by atoms with Crippen molar-refractivity contribution in [1.29, 1.82) is 0 Å². The minimum Gasteiger partial charge on any atom is -0.369 e. The highest BCUT2D eigenvalue weighted by atomic mass is 15.3. The first-order valence-corrected chi connectivity index (χ1v) is 6.82. The van der Waals surface area contributed by atoms with E-state index in [4.69, 9.17) is 5.84 Å². The number of nitrogens with zero attached hydrogens (tertiary/aromatic N) is 2. The smallest absolute Gasteiger partial charge is 0.239 e. The Kier molecular flexibility index (Phi) is 3.07. The minimum atomic E-state index is 0.470. The lowest BCUT2D eigenvalue weighted by Crippen LogP contribution is -2.20. The molecule has 0 aromatic carbocycles. The van der Waals surface area contributed by atoms with E-state index >= 15 is 0 Å². The number of hydrogen-bond donors (Lipinski definition) is 3. The minimum absolute atomic E-state index is 0.470. The molecule has 1 aromatic rings. The molecule has 0 aliphatic heterocycles. The monoisotopic (exact) mass is 247 g/mol. The van der Waals surface area contributed by atoms with Crippen molar-refractivity contribution < 1.29 is 0 Å². The van der Waals surface area contributed by atoms with Crippen LogP contribution in [0, 0.1) is 24.7 Å². The Morgan fingerprint density at radius 2 is 2.00 bits per heavy atom. The SMILES string of the molecule is Cc1cnc(NN)nc1NCC(C1CC1)C1CC1. The van der Waals surface area contributed by atoms with Gasteiger partial charge in [0.25, 0.3) is 0 Å². The Morgan fingerprint density at radius 1 is 1.33 bits per heavy atom. The van der Waals surface area contributed by atoms with Crippen LogP contribution in [0.5, 0.6) is 0 Å². The fourth-order valence-electron chi connectivity index (χ4n) is 2.67. The number of nitrogen functional groups attached to an aromatic ring is 1. The van der Waals surface area contributed by atoms with E-state index in [1.165, 1.54) is 25.7 Å². The number of hydrogen-bond acceptors (Lipinski definition) is 5. The molecule has 0 unspecified atom stereocenters. The standard InChI is InChI=1S/C13H21N5/c1-8-6-16-13(18-14)17-12(8)15-7-11(9-2-3-9)10-4-5-10/h6,9-11H,2-5,7,14H2,1H3,(H2,15,16,17,18). The van der Waals surface area contributed by atoms with E-state index in [0.717, 1.165) is 35.7 Å². The molecule has 5 nitrogen and oxygen atoms in total. The van der Waals surface area contributed by atoms with Crippen LogP contribution >= 0.6 is 0 Å². The van der Waals surface area contributed by atoms with E-state index in [0.29, 0.717) is 5.95 Å². The van der Waals surface area contributed by atoms with Gasteiger partial charge in [-0.15, -0.1) is 0 Å². The van der Waals surface area contributed by atoms with Crippen LogP contribution in [0.15, 0.2) is 6.20 Å². The van der Waals surface area contributed by atoms with Crippen LogP contribution in [-0.2, 0) is 0 Å². The summed E-state index contributed by atoms with van der Waals surface area (Å²) in [5.74, 6) is 9.47. The second kappa shape index (κ2) is 4.72. The molecule has 2 saturated carbocycles. The van der Waals surface area contributed by atoms with Crippen LogP contribution in [0.4, 0.5) is 11.8 Å². The molecule has 0 radical (unpaired) electrons. The topological polar surface area (TPSA) is 75.9 Å². The third-order valence-electron chi connectivity index (χ3n) is 4.06. The molecule has 0 saturated heterocycles. The van der Waals surface area contributed by atoms with Crippen molar-refractivity contribution in [3.05, 3.63) is 11.8 Å². The molecule has 1 aromatic heterocycles. The van der Waals surface area contributed by atoms with Crippen LogP contribution in [0.3, 0.4) is 0 Å². The maximum Gasteiger partial charge on any atom is 0.239 e. The van der Waals surface area contributed by atoms with Gasteiger partial charge in [0, 0.05) is 18.3 Å². The van der Waals surface area contributed by atoms with E-state index < -0.39 is 0 Å². The van der Waals surface area contributed by atoms with Crippen LogP contribution in [0.1, 0.15) is 31.2 Å². The van der Waals surface area contributed by atoms with E-state index in [9.17, 15) is 0 Å². The van der Waals surface area contributed by atoms with Crippen molar-refractivity contribution in [3.63, 3.8) is 0 Å². The first-order valence-electron chi connectivity index (χ1n) is 6.82. The number of nitrogens with two attached hydrogens (primary N) is 1. The van der Waals surface area contributed by atoms with Crippen LogP contribution in [0.25, 0.3) is 0 Å². The zero-order chi connectivity index (χ0) is 12.5. The van der Waals surface area contributed by atoms with Crippen molar-refractivity contribution in [2.24, 2.45) is 23.6 Å². The molecule has 4 N–H and O–H groups in total. The zero-order valence-electron chi connectivity index (χ0n) is 10.8. The molecule has 0 atom stereocenters. The lowest BCUT2D eigenvalue weighted by Gasteiger charge is -2.17. The van der Waals surface area contributed by atoms with Crippen molar-refractivity contribution in [2.45, 2.75) is 32.6 Å². The Morgan fingerprint density at radius 3 is 2.56 bits per heavy atom. The van der Waals surface area contributed by atoms with Crippen molar-refractivity contribution in [3.8, 4) is 0 Å². The van der Waals surface area contributed by atoms with Gasteiger partial charge in [-0.3, -0.25) is 5.43 Å². The number of aryl methyl sites for hydroxylation is 1. The largest absolute Gasteiger partial charge is 0.369 e. The molecule has 3 rings (SSSR count). The predicted octanol–water partition coefficient (Wildman–Crippen LogP) is 1.92. The van der Waals surface area contributed by atoms with E-state index in [1.807, 2.05) is 6.92 Å². The fraction of sp³-hybridized carbons (Fsp3) is 0.692. The van der Waals surface area contributed by atoms with Crippen LogP contribution in [-0.4, -0.2) is 16.5 Å². The zero-order valence-corrected chi connectivity index (χ0v) is 10.8. The van der Waals surface area contributed by atoms with Gasteiger partial charge >= 0.3 is 0 Å². The van der Waals surface area contributed by atoms with Gasteiger partial charge in [-0.05, 0) is 50.4 Å². The Balaban J connectivity index is 1.64. The number of anilines is 2. The number of hydrazine groups is 1. The predicted molar refractivity (Wildman–Crippen MR) is 72.0 cm³/mol. The molecule has 2 aliphatic rings. The Hall–Kier alpha value is -1.36. The molecular formula is C13H21N5. The summed E-state index contributed by atoms with van der Waals surface area (Å²) in [5.41, 5.74) is 3.56. The molecule has 0 amide bonds. The summed E-state index contributed by atoms with van der Waals surface area (Å²) < 4.78 is 0. The quantitative estimate of drug-likeness (QED) is 0.529. The molecule has 2 aliphatic carbocycles. The summed E-state index contributed by atoms with van der Waals surface area (Å²) in [7, 11) is 0. The third-order valence-corrected chi connectivity index (χ3v) is 4.06. The highest BCUT2D eigenvalue weighted by Crippen LogP contribution is 2.49. The summed E-state index contributed by atoms with van der Waals surface area (Å²) in [6.07, 6.45) is 7.47. The van der Waals surface area contributed by atoms with Crippen LogP contribution in [0.2, 0.25) is 0 Å². The highest BCUT2D eigenvalue weighted by molar-refractivity contribution is 5.46. The van der Waals surface area contributed by atoms with E-state index in [2.05, 4.69) is 20.7 Å². The Labute approximate surface area is 108 Å². The summed E-state index contributed by atoms with van der Waals surface area (Å²) in [6, 6.07) is 0. The first-order chi connectivity index (χ1) is 8.78. The summed E-state index contributed by atoms with van der Waals surface area (Å²) >= 11 is 0. The number of nitrogens with one attached hydrogen (secondary N) is 2. The van der Waals surface area contributed by atoms with Gasteiger partial charge in [-0.2, -0.15) is 4.98 Å². The van der Waals surface area contributed by atoms with E-state index in [-0.39, 0.29) is 0 Å². The molecule has 98 valence electrons. The van der Waals surface area contributed by atoms with Crippen LogP contribution < -0.4 is 16.6 Å². The van der Waals surface area contributed by atoms with Gasteiger partial charge in [0.15, 0.2) is 0 Å². The molecule has 1 heterocycles. The van der Waals surface area contributed by atoms with Gasteiger partial charge in [0.2, 0.25) is 5.95 Å². The van der Waals surface area contributed by atoms with E-state index in [1.54, 1.807) is 6.20 Å². The number of rotatable bonds is 6. The highest BCUT2D eigenvalue weighted by Gasteiger charge is 2.41. The summed E-state index contributed by atoms with van der Waals surface area (Å²) in [5, 5.41) is 3.48. The lowest BCUT2D eigenvalue weighted by atomic mass is 9.98. The molecule has 5 heteroatoms. The average Bonchev–Trinajstić information content (AvgIpc) is 3.25. The first kappa shape index (κ1) is 11.7. The molecule has 2 fully saturated rings. The molecular weight excluding hydrogens is 226 g/mol. The number of aromatic nitrogens is 2. The molecule has 0 bridgehead atoms. The van der Waals surface area contributed by atoms with Crippen molar-refractivity contribution in [2.75, 3.05) is 17.3 Å². The normalized spacial score (nSPS) is 19.1. The summed E-state index contributed by atoms with van der Waals surface area (Å²) in [6.45, 7) is 3.06. The van der Waals surface area contributed by atoms with Crippen molar-refractivity contribution >= 4 is 11.8 Å². The average molecular weight is 247 g/mol. The van der Waals surface area contributed by atoms with Gasteiger partial charge in [0.1, 0.15) is 5.82 Å². The molecule has 18 heavy (non-hydrogen) atoms. The Bertz CT molecular complexity index is 413. The van der Waals surface area contributed by atoms with Crippen molar-refractivity contribution in [1.82, 2.24) is 9.97 Å². The second-order valence-electron chi connectivity index (χ2n) is 5.59.